The quantitative estimate of drug-likeness (QED) is 0.726. The number of nitrogens with zero attached hydrogens (tertiary/aromatic N) is 2. The predicted molar refractivity (Wildman–Crippen MR) is 61.9 cm³/mol. The molecule has 0 fully saturated rings. The molecule has 1 heterocycles. The van der Waals surface area contributed by atoms with Gasteiger partial charge in [-0.2, -0.15) is 0 Å². The van der Waals surface area contributed by atoms with Gasteiger partial charge in [0, 0.05) is 17.2 Å². The van der Waals surface area contributed by atoms with Crippen LogP contribution in [-0.4, -0.2) is 9.97 Å². The first-order chi connectivity index (χ1) is 7.97. The Morgan fingerprint density at radius 1 is 1.00 bits per heavy atom. The van der Waals surface area contributed by atoms with Crippen molar-refractivity contribution >= 4 is 11.6 Å². The Hall–Kier alpha value is -1.55. The number of aryl methyl sites for hydroxylation is 1. The van der Waals surface area contributed by atoms with E-state index in [2.05, 4.69) is 9.97 Å². The molecule has 5 heteroatoms. The zero-order chi connectivity index (χ0) is 12.6. The molecule has 1 aromatic heterocycles. The topological polar surface area (TPSA) is 25.8 Å². The lowest BCUT2D eigenvalue weighted by Gasteiger charge is -2.08. The van der Waals surface area contributed by atoms with Crippen molar-refractivity contribution in [2.24, 2.45) is 0 Å². The second-order valence-electron chi connectivity index (χ2n) is 3.69. The van der Waals surface area contributed by atoms with Crippen LogP contribution in [-0.2, 0) is 0 Å². The van der Waals surface area contributed by atoms with Gasteiger partial charge in [0.1, 0.15) is 22.6 Å². The van der Waals surface area contributed by atoms with Crippen molar-refractivity contribution in [3.63, 3.8) is 0 Å². The molecule has 0 atom stereocenters. The Kier molecular flexibility index (Phi) is 3.07. The van der Waals surface area contributed by atoms with Crippen LogP contribution in [0.4, 0.5) is 8.78 Å². The lowest BCUT2D eigenvalue weighted by atomic mass is 10.1. The fourth-order valence-electron chi connectivity index (χ4n) is 1.57. The van der Waals surface area contributed by atoms with Gasteiger partial charge in [-0.1, -0.05) is 11.6 Å². The molecule has 0 aliphatic carbocycles. The van der Waals surface area contributed by atoms with Crippen LogP contribution in [0.1, 0.15) is 11.4 Å². The van der Waals surface area contributed by atoms with Crippen molar-refractivity contribution in [3.8, 4) is 11.3 Å². The summed E-state index contributed by atoms with van der Waals surface area (Å²) >= 11 is 5.91. The number of aromatic nitrogens is 2. The van der Waals surface area contributed by atoms with E-state index >= 15 is 0 Å². The van der Waals surface area contributed by atoms with Crippen molar-refractivity contribution in [2.75, 3.05) is 0 Å². The van der Waals surface area contributed by atoms with Gasteiger partial charge >= 0.3 is 0 Å². The Morgan fingerprint density at radius 2 is 1.59 bits per heavy atom. The van der Waals surface area contributed by atoms with E-state index in [1.165, 1.54) is 12.1 Å². The first-order valence-electron chi connectivity index (χ1n) is 4.94. The Labute approximate surface area is 102 Å². The molecule has 88 valence electrons. The van der Waals surface area contributed by atoms with Crippen LogP contribution in [0.2, 0.25) is 5.15 Å². The summed E-state index contributed by atoms with van der Waals surface area (Å²) in [6.45, 7) is 3.38. The third-order valence-electron chi connectivity index (χ3n) is 2.33. The minimum absolute atomic E-state index is 0.289. The van der Waals surface area contributed by atoms with Gasteiger partial charge in [0.25, 0.3) is 0 Å². The molecule has 0 spiro atoms. The van der Waals surface area contributed by atoms with Gasteiger partial charge in [-0.3, -0.25) is 0 Å². The number of hydrogen-bond acceptors (Lipinski definition) is 2. The van der Waals surface area contributed by atoms with E-state index in [0.717, 1.165) is 6.07 Å². The summed E-state index contributed by atoms with van der Waals surface area (Å²) < 4.78 is 26.3. The highest BCUT2D eigenvalue weighted by Gasteiger charge is 2.11. The van der Waals surface area contributed by atoms with E-state index in [1.54, 1.807) is 13.8 Å². The highest BCUT2D eigenvalue weighted by molar-refractivity contribution is 6.30. The Balaban J connectivity index is 2.67. The molecular formula is C12H9ClF2N2. The largest absolute Gasteiger partial charge is 0.233 e. The molecule has 0 saturated carbocycles. The van der Waals surface area contributed by atoms with Crippen LogP contribution >= 0.6 is 11.6 Å². The van der Waals surface area contributed by atoms with E-state index in [1.807, 2.05) is 0 Å². The standard InChI is InChI=1S/C12H9ClF2N2/c1-6-11(16-7(2)17-12(6)13)8-3-9(14)5-10(15)4-8/h3-5H,1-2H3. The van der Waals surface area contributed by atoms with Gasteiger partial charge in [-0.15, -0.1) is 0 Å². The lowest BCUT2D eigenvalue weighted by Crippen LogP contribution is -1.97. The highest BCUT2D eigenvalue weighted by atomic mass is 35.5. The molecule has 0 aliphatic rings. The maximum atomic E-state index is 13.1. The van der Waals surface area contributed by atoms with Gasteiger partial charge < -0.3 is 0 Å². The number of hydrogen-bond donors (Lipinski definition) is 0. The van der Waals surface area contributed by atoms with E-state index < -0.39 is 11.6 Å². The Bertz CT molecular complexity index is 565. The van der Waals surface area contributed by atoms with Gasteiger partial charge in [0.2, 0.25) is 0 Å². The molecule has 0 bridgehead atoms. The van der Waals surface area contributed by atoms with Crippen LogP contribution in [0.5, 0.6) is 0 Å². The zero-order valence-corrected chi connectivity index (χ0v) is 10.0. The van der Waals surface area contributed by atoms with Crippen LogP contribution in [0.15, 0.2) is 18.2 Å². The maximum Gasteiger partial charge on any atom is 0.136 e. The second kappa shape index (κ2) is 4.37. The highest BCUT2D eigenvalue weighted by Crippen LogP contribution is 2.26. The summed E-state index contributed by atoms with van der Waals surface area (Å²) in [5.74, 6) is -0.834. The SMILES string of the molecule is Cc1nc(Cl)c(C)c(-c2cc(F)cc(F)c2)n1. The Morgan fingerprint density at radius 3 is 2.18 bits per heavy atom. The number of benzene rings is 1. The van der Waals surface area contributed by atoms with E-state index in [0.29, 0.717) is 22.6 Å². The molecule has 17 heavy (non-hydrogen) atoms. The monoisotopic (exact) mass is 254 g/mol. The fraction of sp³-hybridized carbons (Fsp3) is 0.167. The van der Waals surface area contributed by atoms with Crippen molar-refractivity contribution < 1.29 is 8.78 Å². The average molecular weight is 255 g/mol. The average Bonchev–Trinajstić information content (AvgIpc) is 2.22. The van der Waals surface area contributed by atoms with Gasteiger partial charge in [-0.25, -0.2) is 18.7 Å². The second-order valence-corrected chi connectivity index (χ2v) is 4.05. The first-order valence-corrected chi connectivity index (χ1v) is 5.32. The normalized spacial score (nSPS) is 10.6. The molecule has 0 amide bonds. The third-order valence-corrected chi connectivity index (χ3v) is 2.70. The maximum absolute atomic E-state index is 13.1. The minimum atomic E-state index is -0.646. The molecule has 0 radical (unpaired) electrons. The molecule has 1 aromatic carbocycles. The lowest BCUT2D eigenvalue weighted by molar-refractivity contribution is 0.584. The van der Waals surface area contributed by atoms with E-state index in [9.17, 15) is 8.78 Å². The molecule has 0 N–H and O–H groups in total. The van der Waals surface area contributed by atoms with Crippen LogP contribution in [0.25, 0.3) is 11.3 Å². The summed E-state index contributed by atoms with van der Waals surface area (Å²) in [5.41, 5.74) is 1.40. The van der Waals surface area contributed by atoms with Gasteiger partial charge in [-0.05, 0) is 26.0 Å². The van der Waals surface area contributed by atoms with E-state index in [-0.39, 0.29) is 5.15 Å². The summed E-state index contributed by atoms with van der Waals surface area (Å²) in [7, 11) is 0. The molecular weight excluding hydrogens is 246 g/mol. The molecule has 2 nitrogen and oxygen atoms in total. The van der Waals surface area contributed by atoms with Crippen molar-refractivity contribution in [1.82, 2.24) is 9.97 Å². The van der Waals surface area contributed by atoms with Crippen molar-refractivity contribution in [2.45, 2.75) is 13.8 Å². The fourth-order valence-corrected chi connectivity index (χ4v) is 1.78. The number of rotatable bonds is 1. The van der Waals surface area contributed by atoms with Crippen LogP contribution in [0.3, 0.4) is 0 Å². The van der Waals surface area contributed by atoms with Crippen molar-refractivity contribution in [3.05, 3.63) is 46.4 Å². The molecule has 0 saturated heterocycles. The molecule has 2 aromatic rings. The summed E-state index contributed by atoms with van der Waals surface area (Å²) in [5, 5.41) is 0.289. The number of halogens is 3. The minimum Gasteiger partial charge on any atom is -0.233 e. The van der Waals surface area contributed by atoms with Crippen LogP contribution in [0, 0.1) is 25.5 Å². The molecule has 0 aliphatic heterocycles. The van der Waals surface area contributed by atoms with E-state index in [4.69, 9.17) is 11.6 Å². The van der Waals surface area contributed by atoms with Gasteiger partial charge in [0.05, 0.1) is 5.69 Å². The molecule has 0 unspecified atom stereocenters. The summed E-state index contributed by atoms with van der Waals surface area (Å²) in [6.07, 6.45) is 0. The van der Waals surface area contributed by atoms with Crippen molar-refractivity contribution in [1.29, 1.82) is 0 Å². The third kappa shape index (κ3) is 2.42. The smallest absolute Gasteiger partial charge is 0.136 e. The van der Waals surface area contributed by atoms with Crippen LogP contribution < -0.4 is 0 Å². The predicted octanol–water partition coefficient (Wildman–Crippen LogP) is 3.69. The summed E-state index contributed by atoms with van der Waals surface area (Å²) in [4.78, 5) is 8.13. The van der Waals surface area contributed by atoms with Gasteiger partial charge in [0.15, 0.2) is 0 Å². The summed E-state index contributed by atoms with van der Waals surface area (Å²) in [6, 6.07) is 3.25. The zero-order valence-electron chi connectivity index (χ0n) is 9.26. The first kappa shape index (κ1) is 11.9. The molecule has 2 rings (SSSR count).